The van der Waals surface area contributed by atoms with Gasteiger partial charge in [-0.25, -0.2) is 0 Å². The Kier molecular flexibility index (Phi) is 4.71. The van der Waals surface area contributed by atoms with Crippen LogP contribution in [0.5, 0.6) is 0 Å². The van der Waals surface area contributed by atoms with Crippen LogP contribution in [0.2, 0.25) is 0 Å². The fourth-order valence-electron chi connectivity index (χ4n) is 0.555. The molecule has 0 fully saturated rings. The lowest BCUT2D eigenvalue weighted by Gasteiger charge is -2.07. The van der Waals surface area contributed by atoms with E-state index in [4.69, 9.17) is 9.52 Å². The monoisotopic (exact) mass is 151 g/mol. The largest absolute Gasteiger partial charge is 0.380 e. The second kappa shape index (κ2) is 4.76. The van der Waals surface area contributed by atoms with Gasteiger partial charge in [0, 0.05) is 17.7 Å². The molecule has 2 atom stereocenters. The van der Waals surface area contributed by atoms with Gasteiger partial charge in [0.05, 0.1) is 11.9 Å². The van der Waals surface area contributed by atoms with E-state index in [-0.39, 0.29) is 6.10 Å². The Bertz CT molecular complexity index is 121. The zero-order chi connectivity index (χ0) is 7.28. The third kappa shape index (κ3) is 4.42. The lowest BCUT2D eigenvalue weighted by atomic mass is 10.3. The number of thiol groups is 1. The summed E-state index contributed by atoms with van der Waals surface area (Å²) in [6.07, 6.45) is 0.835. The number of hydrogen-bond acceptors (Lipinski definition) is 3. The zero-order valence-electron chi connectivity index (χ0n) is 5.76. The van der Waals surface area contributed by atoms with Crippen molar-refractivity contribution in [2.45, 2.75) is 19.4 Å². The lowest BCUT2D eigenvalue weighted by molar-refractivity contribution is 0.118. The SMILES string of the molecule is CCC(C[SH](=N)=O)OC. The Morgan fingerprint density at radius 3 is 2.44 bits per heavy atom. The van der Waals surface area contributed by atoms with Crippen molar-refractivity contribution >= 4 is 10.6 Å². The van der Waals surface area contributed by atoms with Crippen LogP contribution < -0.4 is 0 Å². The first-order chi connectivity index (χ1) is 4.20. The van der Waals surface area contributed by atoms with E-state index in [2.05, 4.69) is 0 Å². The fraction of sp³-hybridized carbons (Fsp3) is 1.00. The van der Waals surface area contributed by atoms with Crippen LogP contribution in [0.25, 0.3) is 0 Å². The second-order valence-electron chi connectivity index (χ2n) is 1.83. The van der Waals surface area contributed by atoms with Crippen LogP contribution in [-0.2, 0) is 15.3 Å². The van der Waals surface area contributed by atoms with E-state index >= 15 is 0 Å². The molecule has 0 bridgehead atoms. The second-order valence-corrected chi connectivity index (χ2v) is 2.95. The summed E-state index contributed by atoms with van der Waals surface area (Å²) in [4.78, 5) is 0. The Morgan fingerprint density at radius 2 is 2.33 bits per heavy atom. The number of hydrogen-bond donors (Lipinski definition) is 2. The molecule has 0 rings (SSSR count). The van der Waals surface area contributed by atoms with Crippen LogP contribution in [0.15, 0.2) is 0 Å². The smallest absolute Gasteiger partial charge is 0.0690 e. The van der Waals surface area contributed by atoms with E-state index in [1.807, 2.05) is 6.92 Å². The maximum Gasteiger partial charge on any atom is 0.0690 e. The number of methoxy groups -OCH3 is 1. The van der Waals surface area contributed by atoms with Crippen LogP contribution in [0.3, 0.4) is 0 Å². The maximum atomic E-state index is 10.3. The van der Waals surface area contributed by atoms with Crippen LogP contribution in [0, 0.1) is 4.78 Å². The highest BCUT2D eigenvalue weighted by Crippen LogP contribution is 1.94. The average molecular weight is 151 g/mol. The summed E-state index contributed by atoms with van der Waals surface area (Å²) in [5.41, 5.74) is 0. The molecule has 0 saturated carbocycles. The number of rotatable bonds is 4. The highest BCUT2D eigenvalue weighted by molar-refractivity contribution is 7.73. The van der Waals surface area contributed by atoms with Gasteiger partial charge in [-0.3, -0.25) is 8.99 Å². The summed E-state index contributed by atoms with van der Waals surface area (Å²) in [7, 11) is -0.200. The molecule has 0 aliphatic heterocycles. The van der Waals surface area contributed by atoms with Gasteiger partial charge in [-0.2, -0.15) is 0 Å². The molecule has 0 aromatic heterocycles. The van der Waals surface area contributed by atoms with Crippen molar-refractivity contribution in [1.29, 1.82) is 4.78 Å². The molecule has 2 unspecified atom stereocenters. The van der Waals surface area contributed by atoms with Crippen LogP contribution in [-0.4, -0.2) is 23.2 Å². The van der Waals surface area contributed by atoms with Crippen molar-refractivity contribution in [2.75, 3.05) is 12.9 Å². The van der Waals surface area contributed by atoms with Crippen LogP contribution in [0.4, 0.5) is 0 Å². The molecule has 0 heterocycles. The van der Waals surface area contributed by atoms with E-state index in [0.717, 1.165) is 6.42 Å². The van der Waals surface area contributed by atoms with Gasteiger partial charge in [-0.15, -0.1) is 0 Å². The number of nitrogens with one attached hydrogen (secondary N) is 1. The molecule has 0 aliphatic carbocycles. The summed E-state index contributed by atoms with van der Waals surface area (Å²) in [5.74, 6) is 0.363. The van der Waals surface area contributed by atoms with Gasteiger partial charge in [0.25, 0.3) is 0 Å². The Labute approximate surface area is 57.4 Å². The summed E-state index contributed by atoms with van der Waals surface area (Å²) in [6, 6.07) is 0. The molecular weight excluding hydrogens is 138 g/mol. The minimum atomic E-state index is -1.78. The summed E-state index contributed by atoms with van der Waals surface area (Å²) in [6.45, 7) is 1.95. The first kappa shape index (κ1) is 8.91. The Balaban J connectivity index is 3.55. The number of ether oxygens (including phenoxy) is 1. The molecule has 4 heteroatoms. The van der Waals surface area contributed by atoms with E-state index in [9.17, 15) is 4.21 Å². The van der Waals surface area contributed by atoms with E-state index in [1.165, 1.54) is 0 Å². The van der Waals surface area contributed by atoms with Crippen LogP contribution in [0.1, 0.15) is 13.3 Å². The third-order valence-electron chi connectivity index (χ3n) is 1.16. The van der Waals surface area contributed by atoms with Crippen molar-refractivity contribution in [3.05, 3.63) is 0 Å². The molecule has 0 amide bonds. The molecule has 0 spiro atoms. The minimum Gasteiger partial charge on any atom is -0.380 e. The molecule has 3 nitrogen and oxygen atoms in total. The van der Waals surface area contributed by atoms with Crippen molar-refractivity contribution in [1.82, 2.24) is 0 Å². The molecule has 56 valence electrons. The molecule has 0 radical (unpaired) electrons. The van der Waals surface area contributed by atoms with Gasteiger partial charge >= 0.3 is 0 Å². The van der Waals surface area contributed by atoms with Gasteiger partial charge < -0.3 is 4.74 Å². The average Bonchev–Trinajstić information content (AvgIpc) is 1.82. The standard InChI is InChI=1S/C5H13NO2S/c1-3-5(8-2)4-9(6)7/h5-6,9H,3-4H2,1-2H3. The highest BCUT2D eigenvalue weighted by Gasteiger charge is 2.01. The third-order valence-corrected chi connectivity index (χ3v) is 1.90. The van der Waals surface area contributed by atoms with Gasteiger partial charge in [0.2, 0.25) is 0 Å². The van der Waals surface area contributed by atoms with Crippen molar-refractivity contribution in [3.8, 4) is 0 Å². The molecule has 0 aromatic carbocycles. The summed E-state index contributed by atoms with van der Waals surface area (Å²) < 4.78 is 22.0. The molecule has 0 aromatic rings. The maximum absolute atomic E-state index is 10.3. The topological polar surface area (TPSA) is 50.2 Å². The van der Waals surface area contributed by atoms with Crippen LogP contribution >= 0.6 is 0 Å². The summed E-state index contributed by atoms with van der Waals surface area (Å²) >= 11 is 0. The first-order valence-corrected chi connectivity index (χ1v) is 4.33. The Hall–Kier alpha value is -0.0900. The quantitative estimate of drug-likeness (QED) is 0.580. The van der Waals surface area contributed by atoms with Crippen molar-refractivity contribution in [2.24, 2.45) is 0 Å². The molecule has 0 saturated heterocycles. The lowest BCUT2D eigenvalue weighted by Crippen LogP contribution is -2.14. The van der Waals surface area contributed by atoms with Gasteiger partial charge in [-0.1, -0.05) is 6.92 Å². The fourth-order valence-corrected chi connectivity index (χ4v) is 1.33. The van der Waals surface area contributed by atoms with Crippen molar-refractivity contribution < 1.29 is 8.95 Å². The summed E-state index contributed by atoms with van der Waals surface area (Å²) in [5, 5.41) is 0. The zero-order valence-corrected chi connectivity index (χ0v) is 6.65. The van der Waals surface area contributed by atoms with E-state index in [0.29, 0.717) is 5.75 Å². The molecule has 0 aliphatic rings. The van der Waals surface area contributed by atoms with Gasteiger partial charge in [-0.05, 0) is 6.42 Å². The van der Waals surface area contributed by atoms with Gasteiger partial charge in [0.15, 0.2) is 0 Å². The predicted octanol–water partition coefficient (Wildman–Crippen LogP) is 0.655. The molecular formula is C5H13NO2S. The van der Waals surface area contributed by atoms with E-state index < -0.39 is 10.6 Å². The minimum absolute atomic E-state index is 0.00566. The predicted molar refractivity (Wildman–Crippen MR) is 38.2 cm³/mol. The molecule has 9 heavy (non-hydrogen) atoms. The van der Waals surface area contributed by atoms with Crippen molar-refractivity contribution in [3.63, 3.8) is 0 Å². The molecule has 1 N–H and O–H groups in total. The van der Waals surface area contributed by atoms with E-state index in [1.54, 1.807) is 7.11 Å². The first-order valence-electron chi connectivity index (χ1n) is 2.89. The normalized spacial score (nSPS) is 17.1. The van der Waals surface area contributed by atoms with Gasteiger partial charge in [0.1, 0.15) is 0 Å². The highest BCUT2D eigenvalue weighted by atomic mass is 32.2. The Morgan fingerprint density at radius 1 is 1.78 bits per heavy atom.